The smallest absolute Gasteiger partial charge is 0.231 e. The van der Waals surface area contributed by atoms with Crippen LogP contribution in [-0.4, -0.2) is 5.91 Å². The summed E-state index contributed by atoms with van der Waals surface area (Å²) in [7, 11) is 0. The largest absolute Gasteiger partial charge is 0.369 e. The van der Waals surface area contributed by atoms with Crippen molar-refractivity contribution in [2.45, 2.75) is 5.92 Å². The molecule has 0 fully saturated rings. The van der Waals surface area contributed by atoms with Crippen LogP contribution in [0.15, 0.2) is 35.0 Å². The van der Waals surface area contributed by atoms with Crippen molar-refractivity contribution in [3.8, 4) is 0 Å². The van der Waals surface area contributed by atoms with Gasteiger partial charge in [0, 0.05) is 9.75 Å². The number of carbonyl (C=O) groups is 1. The average Bonchev–Trinajstić information content (AvgIpc) is 2.75. The maximum Gasteiger partial charge on any atom is 0.231 e. The summed E-state index contributed by atoms with van der Waals surface area (Å²) in [5.41, 5.74) is 5.39. The van der Waals surface area contributed by atoms with E-state index in [-0.39, 0.29) is 11.8 Å². The molecule has 1 amide bonds. The Morgan fingerprint density at radius 1 is 1.14 bits per heavy atom. The molecule has 0 spiro atoms. The first kappa shape index (κ1) is 9.43. The number of nitrogens with two attached hydrogens (primary N) is 1. The molecule has 0 unspecified atom stereocenters. The maximum atomic E-state index is 11.3. The highest BCUT2D eigenvalue weighted by Crippen LogP contribution is 2.30. The van der Waals surface area contributed by atoms with E-state index in [0.717, 1.165) is 9.75 Å². The fraction of sp³-hybridized carbons (Fsp3) is 0.100. The Kier molecular flexibility index (Phi) is 2.65. The summed E-state index contributed by atoms with van der Waals surface area (Å²) in [6.07, 6.45) is 0. The molecule has 2 nitrogen and oxygen atoms in total. The first-order chi connectivity index (χ1) is 6.79. The van der Waals surface area contributed by atoms with Crippen LogP contribution in [0.2, 0.25) is 0 Å². The molecule has 4 heteroatoms. The van der Waals surface area contributed by atoms with E-state index in [9.17, 15) is 4.79 Å². The summed E-state index contributed by atoms with van der Waals surface area (Å²) in [5.74, 6) is -0.551. The number of thiophene rings is 2. The summed E-state index contributed by atoms with van der Waals surface area (Å²) in [6, 6.07) is 7.76. The zero-order valence-electron chi connectivity index (χ0n) is 7.34. The molecule has 0 atom stereocenters. The van der Waals surface area contributed by atoms with Crippen LogP contribution in [0.3, 0.4) is 0 Å². The van der Waals surface area contributed by atoms with E-state index < -0.39 is 0 Å². The van der Waals surface area contributed by atoms with Crippen molar-refractivity contribution >= 4 is 28.6 Å². The molecule has 2 rings (SSSR count). The Hall–Kier alpha value is -1.13. The Balaban J connectivity index is 2.40. The van der Waals surface area contributed by atoms with Crippen molar-refractivity contribution in [2.75, 3.05) is 0 Å². The molecule has 14 heavy (non-hydrogen) atoms. The Morgan fingerprint density at radius 2 is 1.64 bits per heavy atom. The number of hydrogen-bond donors (Lipinski definition) is 1. The van der Waals surface area contributed by atoms with E-state index in [0.29, 0.717) is 0 Å². The molecule has 0 saturated carbocycles. The average molecular weight is 223 g/mol. The van der Waals surface area contributed by atoms with E-state index in [1.54, 1.807) is 22.7 Å². The Labute approximate surface area is 90.0 Å². The molecule has 0 radical (unpaired) electrons. The zero-order valence-corrected chi connectivity index (χ0v) is 8.98. The number of carbonyl (C=O) groups excluding carboxylic acids is 1. The van der Waals surface area contributed by atoms with Crippen molar-refractivity contribution in [1.29, 1.82) is 0 Å². The fourth-order valence-electron chi connectivity index (χ4n) is 1.33. The lowest BCUT2D eigenvalue weighted by Crippen LogP contribution is -2.20. The van der Waals surface area contributed by atoms with Crippen LogP contribution in [0, 0.1) is 0 Å². The first-order valence-electron chi connectivity index (χ1n) is 4.15. The minimum Gasteiger partial charge on any atom is -0.369 e. The molecule has 72 valence electrons. The van der Waals surface area contributed by atoms with E-state index in [1.165, 1.54) is 0 Å². The van der Waals surface area contributed by atoms with Crippen LogP contribution in [0.5, 0.6) is 0 Å². The lowest BCUT2D eigenvalue weighted by atomic mass is 10.1. The van der Waals surface area contributed by atoms with E-state index in [4.69, 9.17) is 5.73 Å². The molecular weight excluding hydrogens is 214 g/mol. The summed E-state index contributed by atoms with van der Waals surface area (Å²) in [5, 5.41) is 3.91. The van der Waals surface area contributed by atoms with Crippen LogP contribution in [0.1, 0.15) is 15.7 Å². The molecule has 2 aromatic heterocycles. The summed E-state index contributed by atoms with van der Waals surface area (Å²) >= 11 is 3.13. The molecule has 0 aliphatic rings. The second kappa shape index (κ2) is 3.94. The minimum atomic E-state index is -0.282. The molecule has 2 N–H and O–H groups in total. The number of rotatable bonds is 3. The van der Waals surface area contributed by atoms with Gasteiger partial charge in [-0.05, 0) is 22.9 Å². The normalized spacial score (nSPS) is 10.6. The second-order valence-electron chi connectivity index (χ2n) is 2.87. The number of hydrogen-bond acceptors (Lipinski definition) is 3. The van der Waals surface area contributed by atoms with Gasteiger partial charge in [-0.25, -0.2) is 0 Å². The van der Waals surface area contributed by atoms with Crippen molar-refractivity contribution in [3.05, 3.63) is 44.8 Å². The highest BCUT2D eigenvalue weighted by molar-refractivity contribution is 7.11. The van der Waals surface area contributed by atoms with Gasteiger partial charge in [-0.1, -0.05) is 12.1 Å². The molecule has 0 aliphatic heterocycles. The van der Waals surface area contributed by atoms with Crippen LogP contribution >= 0.6 is 22.7 Å². The van der Waals surface area contributed by atoms with Gasteiger partial charge in [-0.2, -0.15) is 0 Å². The zero-order chi connectivity index (χ0) is 9.97. The van der Waals surface area contributed by atoms with Crippen LogP contribution < -0.4 is 5.73 Å². The van der Waals surface area contributed by atoms with Gasteiger partial charge in [0.15, 0.2) is 0 Å². The Bertz CT molecular complexity index is 371. The van der Waals surface area contributed by atoms with Gasteiger partial charge >= 0.3 is 0 Å². The second-order valence-corrected chi connectivity index (χ2v) is 4.82. The molecule has 2 aromatic rings. The molecule has 2 heterocycles. The predicted octanol–water partition coefficient (Wildman–Crippen LogP) is 2.43. The molecule has 0 saturated heterocycles. The van der Waals surface area contributed by atoms with Gasteiger partial charge in [0.05, 0.1) is 0 Å². The number of amides is 1. The SMILES string of the molecule is NC(=O)C(c1cccs1)c1cccs1. The van der Waals surface area contributed by atoms with E-state index in [1.807, 2.05) is 35.0 Å². The van der Waals surface area contributed by atoms with Gasteiger partial charge in [0.1, 0.15) is 5.92 Å². The summed E-state index contributed by atoms with van der Waals surface area (Å²) in [4.78, 5) is 13.4. The third-order valence-electron chi connectivity index (χ3n) is 1.94. The van der Waals surface area contributed by atoms with Crippen molar-refractivity contribution < 1.29 is 4.79 Å². The van der Waals surface area contributed by atoms with Gasteiger partial charge in [-0.3, -0.25) is 4.79 Å². The van der Waals surface area contributed by atoms with Gasteiger partial charge < -0.3 is 5.73 Å². The standard InChI is InChI=1S/C10H9NOS2/c11-10(12)9(7-3-1-5-13-7)8-4-2-6-14-8/h1-6,9H,(H2,11,12). The highest BCUT2D eigenvalue weighted by atomic mass is 32.1. The van der Waals surface area contributed by atoms with Gasteiger partial charge in [0.25, 0.3) is 0 Å². The van der Waals surface area contributed by atoms with E-state index in [2.05, 4.69) is 0 Å². The molecule has 0 aromatic carbocycles. The maximum absolute atomic E-state index is 11.3. The van der Waals surface area contributed by atoms with Crippen molar-refractivity contribution in [2.24, 2.45) is 5.73 Å². The van der Waals surface area contributed by atoms with Crippen LogP contribution in [-0.2, 0) is 4.79 Å². The molecule has 0 aliphatic carbocycles. The lowest BCUT2D eigenvalue weighted by Gasteiger charge is -2.08. The minimum absolute atomic E-state index is 0.269. The predicted molar refractivity (Wildman–Crippen MR) is 59.7 cm³/mol. The highest BCUT2D eigenvalue weighted by Gasteiger charge is 2.21. The monoisotopic (exact) mass is 223 g/mol. The summed E-state index contributed by atoms with van der Waals surface area (Å²) < 4.78 is 0. The summed E-state index contributed by atoms with van der Waals surface area (Å²) in [6.45, 7) is 0. The topological polar surface area (TPSA) is 43.1 Å². The number of primary amides is 1. The first-order valence-corrected chi connectivity index (χ1v) is 5.91. The van der Waals surface area contributed by atoms with E-state index >= 15 is 0 Å². The van der Waals surface area contributed by atoms with Gasteiger partial charge in [0.2, 0.25) is 5.91 Å². The van der Waals surface area contributed by atoms with Crippen molar-refractivity contribution in [3.63, 3.8) is 0 Å². The molecule has 0 bridgehead atoms. The van der Waals surface area contributed by atoms with Crippen LogP contribution in [0.4, 0.5) is 0 Å². The third-order valence-corrected chi connectivity index (χ3v) is 3.81. The molecular formula is C10H9NOS2. The van der Waals surface area contributed by atoms with Gasteiger partial charge in [-0.15, -0.1) is 22.7 Å². The quantitative estimate of drug-likeness (QED) is 0.853. The third kappa shape index (κ3) is 1.71. The van der Waals surface area contributed by atoms with Crippen LogP contribution in [0.25, 0.3) is 0 Å². The lowest BCUT2D eigenvalue weighted by molar-refractivity contribution is -0.118. The fourth-order valence-corrected chi connectivity index (χ4v) is 3.11. The Morgan fingerprint density at radius 3 is 1.93 bits per heavy atom. The van der Waals surface area contributed by atoms with Crippen molar-refractivity contribution in [1.82, 2.24) is 0 Å².